The van der Waals surface area contributed by atoms with Crippen molar-refractivity contribution in [3.63, 3.8) is 0 Å². The minimum Gasteiger partial charge on any atom is -0.325 e. The van der Waals surface area contributed by atoms with E-state index in [2.05, 4.69) is 26.1 Å². The molecule has 1 heterocycles. The fourth-order valence-electron chi connectivity index (χ4n) is 3.40. The molecule has 0 radical (unpaired) electrons. The second-order valence-electron chi connectivity index (χ2n) is 7.30. The van der Waals surface area contributed by atoms with Crippen molar-refractivity contribution in [2.45, 2.75) is 30.7 Å². The molecule has 29 heavy (non-hydrogen) atoms. The Hall–Kier alpha value is -1.74. The van der Waals surface area contributed by atoms with Gasteiger partial charge in [0.05, 0.1) is 11.4 Å². The van der Waals surface area contributed by atoms with Gasteiger partial charge in [-0.05, 0) is 67.9 Å². The lowest BCUT2D eigenvalue weighted by molar-refractivity contribution is -0.116. The number of anilines is 1. The average molecular weight is 480 g/mol. The van der Waals surface area contributed by atoms with E-state index in [9.17, 15) is 13.2 Å². The number of rotatable bonds is 7. The van der Waals surface area contributed by atoms with Gasteiger partial charge in [-0.2, -0.15) is 4.31 Å². The number of likely N-dealkylation sites (tertiary alicyclic amines) is 1. The number of halogens is 1. The molecule has 6 nitrogen and oxygen atoms in total. The largest absolute Gasteiger partial charge is 0.325 e. The first-order valence-electron chi connectivity index (χ1n) is 9.68. The van der Waals surface area contributed by atoms with Crippen molar-refractivity contribution in [3.8, 4) is 0 Å². The Morgan fingerprint density at radius 2 is 1.79 bits per heavy atom. The zero-order valence-electron chi connectivity index (χ0n) is 16.5. The van der Waals surface area contributed by atoms with E-state index in [4.69, 9.17) is 0 Å². The van der Waals surface area contributed by atoms with E-state index in [1.807, 2.05) is 24.3 Å². The summed E-state index contributed by atoms with van der Waals surface area (Å²) in [4.78, 5) is 15.0. The zero-order valence-corrected chi connectivity index (χ0v) is 18.9. The summed E-state index contributed by atoms with van der Waals surface area (Å²) in [5, 5.41) is 2.81. The summed E-state index contributed by atoms with van der Waals surface area (Å²) in [6.07, 6.45) is 3.76. The first-order chi connectivity index (χ1) is 13.8. The number of amides is 1. The van der Waals surface area contributed by atoms with Crippen LogP contribution in [0.5, 0.6) is 0 Å². The van der Waals surface area contributed by atoms with Gasteiger partial charge in [0.1, 0.15) is 0 Å². The van der Waals surface area contributed by atoms with Gasteiger partial charge in [0.2, 0.25) is 15.9 Å². The summed E-state index contributed by atoms with van der Waals surface area (Å²) in [6.45, 7) is 2.82. The Morgan fingerprint density at radius 3 is 2.48 bits per heavy atom. The Labute approximate surface area is 181 Å². The molecule has 0 bridgehead atoms. The first kappa shape index (κ1) is 22.0. The molecule has 1 aliphatic heterocycles. The maximum atomic E-state index is 12.6. The molecular formula is C21H26BrN3O3S. The van der Waals surface area contributed by atoms with Crippen LogP contribution in [-0.4, -0.2) is 50.2 Å². The number of benzene rings is 2. The highest BCUT2D eigenvalue weighted by atomic mass is 79.9. The molecule has 0 spiro atoms. The van der Waals surface area contributed by atoms with E-state index in [1.54, 1.807) is 12.1 Å². The molecule has 1 fully saturated rings. The van der Waals surface area contributed by atoms with Crippen molar-refractivity contribution in [3.05, 3.63) is 58.6 Å². The summed E-state index contributed by atoms with van der Waals surface area (Å²) in [5.74, 6) is -0.372. The molecule has 0 unspecified atom stereocenters. The number of hydrogen-bond acceptors (Lipinski definition) is 4. The van der Waals surface area contributed by atoms with Crippen LogP contribution < -0.4 is 5.32 Å². The lowest BCUT2D eigenvalue weighted by atomic mass is 10.1. The topological polar surface area (TPSA) is 69.7 Å². The van der Waals surface area contributed by atoms with Gasteiger partial charge in [0.15, 0.2) is 0 Å². The molecule has 3 rings (SSSR count). The number of likely N-dealkylation sites (N-methyl/N-ethyl adjacent to an activating group) is 1. The van der Waals surface area contributed by atoms with Gasteiger partial charge < -0.3 is 5.32 Å². The molecule has 0 saturated carbocycles. The number of piperidine rings is 1. The average Bonchev–Trinajstić information content (AvgIpc) is 2.69. The van der Waals surface area contributed by atoms with Crippen LogP contribution in [0.15, 0.2) is 57.9 Å². The van der Waals surface area contributed by atoms with Crippen LogP contribution in [0.4, 0.5) is 5.69 Å². The van der Waals surface area contributed by atoms with Gasteiger partial charge in [-0.25, -0.2) is 8.42 Å². The second-order valence-corrected chi connectivity index (χ2v) is 10.3. The number of nitrogens with zero attached hydrogens (tertiary/aromatic N) is 2. The van der Waals surface area contributed by atoms with Crippen LogP contribution in [0, 0.1) is 0 Å². The number of carbonyl (C=O) groups excluding carboxylic acids is 1. The van der Waals surface area contributed by atoms with Crippen LogP contribution in [0.3, 0.4) is 0 Å². The van der Waals surface area contributed by atoms with E-state index in [0.717, 1.165) is 34.0 Å². The predicted molar refractivity (Wildman–Crippen MR) is 118 cm³/mol. The van der Waals surface area contributed by atoms with Gasteiger partial charge in [-0.15, -0.1) is 0 Å². The molecule has 1 saturated heterocycles. The lowest BCUT2D eigenvalue weighted by Gasteiger charge is -2.26. The van der Waals surface area contributed by atoms with Crippen LogP contribution in [0.1, 0.15) is 24.8 Å². The Balaban J connectivity index is 1.59. The summed E-state index contributed by atoms with van der Waals surface area (Å²) < 4.78 is 27.1. The number of nitrogens with one attached hydrogen (secondary N) is 1. The smallest absolute Gasteiger partial charge is 0.243 e. The molecule has 2 aromatic carbocycles. The van der Waals surface area contributed by atoms with Crippen molar-refractivity contribution in [1.82, 2.24) is 9.21 Å². The normalized spacial score (nSPS) is 15.4. The SMILES string of the molecule is CN(CC(=O)Nc1cccc(CN2CCCCC2)c1)S(=O)(=O)c1ccc(Br)cc1. The van der Waals surface area contributed by atoms with Crippen LogP contribution in [0.2, 0.25) is 0 Å². The zero-order chi connectivity index (χ0) is 20.9. The van der Waals surface area contributed by atoms with Crippen molar-refractivity contribution in [1.29, 1.82) is 0 Å². The van der Waals surface area contributed by atoms with Crippen LogP contribution in [-0.2, 0) is 21.4 Å². The van der Waals surface area contributed by atoms with Crippen LogP contribution >= 0.6 is 15.9 Å². The van der Waals surface area contributed by atoms with Gasteiger partial charge in [-0.1, -0.05) is 34.5 Å². The molecule has 1 N–H and O–H groups in total. The molecule has 0 aromatic heterocycles. The third kappa shape index (κ3) is 6.12. The highest BCUT2D eigenvalue weighted by Crippen LogP contribution is 2.19. The molecule has 2 aromatic rings. The van der Waals surface area contributed by atoms with E-state index in [1.165, 1.54) is 38.4 Å². The summed E-state index contributed by atoms with van der Waals surface area (Å²) in [7, 11) is -2.32. The molecule has 0 atom stereocenters. The van der Waals surface area contributed by atoms with Crippen molar-refractivity contribution in [2.75, 3.05) is 32.0 Å². The molecular weight excluding hydrogens is 454 g/mol. The quantitative estimate of drug-likeness (QED) is 0.657. The van der Waals surface area contributed by atoms with Crippen molar-refractivity contribution < 1.29 is 13.2 Å². The molecule has 156 valence electrons. The standard InChI is InChI=1S/C21H26BrN3O3S/c1-24(29(27,28)20-10-8-18(22)9-11-20)16-21(26)23-19-7-5-6-17(14-19)15-25-12-3-2-4-13-25/h5-11,14H,2-4,12-13,15-16H2,1H3,(H,23,26). The summed E-state index contributed by atoms with van der Waals surface area (Å²) >= 11 is 3.29. The van der Waals surface area contributed by atoms with Crippen LogP contribution in [0.25, 0.3) is 0 Å². The van der Waals surface area contributed by atoms with Gasteiger partial charge >= 0.3 is 0 Å². The number of hydrogen-bond donors (Lipinski definition) is 1. The monoisotopic (exact) mass is 479 g/mol. The van der Waals surface area contributed by atoms with Crippen molar-refractivity contribution in [2.24, 2.45) is 0 Å². The van der Waals surface area contributed by atoms with Gasteiger partial charge in [-0.3, -0.25) is 9.69 Å². The van der Waals surface area contributed by atoms with E-state index < -0.39 is 10.0 Å². The van der Waals surface area contributed by atoms with Gasteiger partial charge in [0.25, 0.3) is 0 Å². The fraction of sp³-hybridized carbons (Fsp3) is 0.381. The Kier molecular flexibility index (Phi) is 7.45. The first-order valence-corrected chi connectivity index (χ1v) is 11.9. The van der Waals surface area contributed by atoms with E-state index >= 15 is 0 Å². The van der Waals surface area contributed by atoms with E-state index in [0.29, 0.717) is 5.69 Å². The highest BCUT2D eigenvalue weighted by molar-refractivity contribution is 9.10. The highest BCUT2D eigenvalue weighted by Gasteiger charge is 2.23. The Morgan fingerprint density at radius 1 is 1.10 bits per heavy atom. The number of carbonyl (C=O) groups is 1. The molecule has 8 heteroatoms. The maximum Gasteiger partial charge on any atom is 0.243 e. The predicted octanol–water partition coefficient (Wildman–Crippen LogP) is 3.69. The van der Waals surface area contributed by atoms with Crippen molar-refractivity contribution >= 4 is 37.5 Å². The van der Waals surface area contributed by atoms with E-state index in [-0.39, 0.29) is 17.3 Å². The molecule has 1 aliphatic rings. The maximum absolute atomic E-state index is 12.6. The summed E-state index contributed by atoms with van der Waals surface area (Å²) in [6, 6.07) is 14.1. The Bertz CT molecular complexity index is 942. The molecule has 0 aliphatic carbocycles. The minimum atomic E-state index is -3.73. The fourth-order valence-corrected chi connectivity index (χ4v) is 4.79. The number of sulfonamides is 1. The minimum absolute atomic E-state index is 0.152. The second kappa shape index (κ2) is 9.84. The third-order valence-electron chi connectivity index (χ3n) is 4.95. The molecule has 1 amide bonds. The summed E-state index contributed by atoms with van der Waals surface area (Å²) in [5.41, 5.74) is 1.82. The lowest BCUT2D eigenvalue weighted by Crippen LogP contribution is -2.35. The van der Waals surface area contributed by atoms with Gasteiger partial charge in [0, 0.05) is 23.8 Å². The third-order valence-corrected chi connectivity index (χ3v) is 7.30.